The van der Waals surface area contributed by atoms with E-state index in [1.807, 2.05) is 37.6 Å². The number of aryl methyl sites for hydroxylation is 1. The number of hydrogen-bond donors (Lipinski definition) is 1. The van der Waals surface area contributed by atoms with Crippen LogP contribution in [0, 0.1) is 6.92 Å². The monoisotopic (exact) mass is 308 g/mol. The summed E-state index contributed by atoms with van der Waals surface area (Å²) in [5, 5.41) is 0. The van der Waals surface area contributed by atoms with Crippen molar-refractivity contribution in [2.45, 2.75) is 11.8 Å². The fraction of sp³-hybridized carbons (Fsp3) is 0.214. The molecule has 1 heterocycles. The number of rotatable bonds is 4. The second kappa shape index (κ2) is 5.85. The molecule has 0 saturated carbocycles. The lowest BCUT2D eigenvalue weighted by atomic mass is 10.0. The first-order valence-electron chi connectivity index (χ1n) is 5.97. The topological polar surface area (TPSA) is 59.1 Å². The van der Waals surface area contributed by atoms with Gasteiger partial charge in [-0.15, -0.1) is 11.8 Å². The Hall–Kier alpha value is -1.53. The molecule has 20 heavy (non-hydrogen) atoms. The Labute approximate surface area is 123 Å². The summed E-state index contributed by atoms with van der Waals surface area (Å²) in [5.74, 6) is 0. The number of thioether (sulfide) groups is 1. The first kappa shape index (κ1) is 14.9. The molecular weight excluding hydrogens is 292 g/mol. The van der Waals surface area contributed by atoms with Crippen LogP contribution in [0.1, 0.15) is 5.56 Å². The van der Waals surface area contributed by atoms with Crippen LogP contribution in [0.5, 0.6) is 0 Å². The minimum absolute atomic E-state index is 0.573. The van der Waals surface area contributed by atoms with Gasteiger partial charge in [0.2, 0.25) is 10.0 Å². The van der Waals surface area contributed by atoms with Crippen LogP contribution < -0.4 is 4.72 Å². The Balaban J connectivity index is 2.44. The van der Waals surface area contributed by atoms with Gasteiger partial charge in [-0.05, 0) is 42.5 Å². The molecule has 0 aliphatic carbocycles. The summed E-state index contributed by atoms with van der Waals surface area (Å²) in [6.45, 7) is 1.96. The maximum absolute atomic E-state index is 11.2. The van der Waals surface area contributed by atoms with Crippen molar-refractivity contribution < 1.29 is 8.42 Å². The fourth-order valence-electron chi connectivity index (χ4n) is 2.01. The van der Waals surface area contributed by atoms with E-state index in [4.69, 9.17) is 0 Å². The van der Waals surface area contributed by atoms with E-state index in [0.29, 0.717) is 5.69 Å². The lowest BCUT2D eigenvalue weighted by molar-refractivity contribution is 0.607. The van der Waals surface area contributed by atoms with Gasteiger partial charge in [-0.25, -0.2) is 8.42 Å². The van der Waals surface area contributed by atoms with Crippen molar-refractivity contribution in [2.75, 3.05) is 17.2 Å². The average Bonchev–Trinajstić information content (AvgIpc) is 2.37. The lowest BCUT2D eigenvalue weighted by Crippen LogP contribution is -2.09. The van der Waals surface area contributed by atoms with Gasteiger partial charge in [-0.3, -0.25) is 9.71 Å². The Bertz CT molecular complexity index is 728. The molecule has 2 aromatic rings. The Morgan fingerprint density at radius 3 is 2.55 bits per heavy atom. The zero-order chi connectivity index (χ0) is 14.8. The van der Waals surface area contributed by atoms with E-state index in [2.05, 4.69) is 9.71 Å². The third kappa shape index (κ3) is 3.52. The molecule has 0 bridgehead atoms. The third-order valence-electron chi connectivity index (χ3n) is 2.82. The van der Waals surface area contributed by atoms with Crippen molar-refractivity contribution in [3.8, 4) is 11.1 Å². The van der Waals surface area contributed by atoms with E-state index >= 15 is 0 Å². The molecule has 0 saturated heterocycles. The Kier molecular flexibility index (Phi) is 4.35. The molecule has 4 nitrogen and oxygen atoms in total. The summed E-state index contributed by atoms with van der Waals surface area (Å²) in [6, 6.07) is 7.48. The highest BCUT2D eigenvalue weighted by Crippen LogP contribution is 2.32. The summed E-state index contributed by atoms with van der Waals surface area (Å²) >= 11 is 1.66. The molecule has 1 aromatic heterocycles. The summed E-state index contributed by atoms with van der Waals surface area (Å²) < 4.78 is 25.0. The fourth-order valence-corrected chi connectivity index (χ4v) is 3.14. The molecule has 0 spiro atoms. The maximum Gasteiger partial charge on any atom is 0.229 e. The largest absolute Gasteiger partial charge is 0.284 e. The molecule has 0 aliphatic rings. The standard InChI is InChI=1S/C14H16N2O2S2/c1-10-8-11(16-20(3,17)18)4-5-12(10)13-9-15-7-6-14(13)19-2/h4-9,16H,1-3H3. The van der Waals surface area contributed by atoms with E-state index in [0.717, 1.165) is 27.8 Å². The number of nitrogens with zero attached hydrogens (tertiary/aromatic N) is 1. The quantitative estimate of drug-likeness (QED) is 0.882. The number of hydrogen-bond acceptors (Lipinski definition) is 4. The van der Waals surface area contributed by atoms with E-state index in [1.165, 1.54) is 0 Å². The number of benzene rings is 1. The molecule has 0 unspecified atom stereocenters. The smallest absolute Gasteiger partial charge is 0.229 e. The molecular formula is C14H16N2O2S2. The molecule has 1 N–H and O–H groups in total. The van der Waals surface area contributed by atoms with Crippen molar-refractivity contribution in [1.82, 2.24) is 4.98 Å². The molecule has 0 radical (unpaired) electrons. The number of pyridine rings is 1. The van der Waals surface area contributed by atoms with Crippen LogP contribution >= 0.6 is 11.8 Å². The van der Waals surface area contributed by atoms with Crippen LogP contribution in [-0.2, 0) is 10.0 Å². The van der Waals surface area contributed by atoms with Gasteiger partial charge in [0, 0.05) is 28.5 Å². The highest BCUT2D eigenvalue weighted by molar-refractivity contribution is 7.98. The summed E-state index contributed by atoms with van der Waals surface area (Å²) in [7, 11) is -3.25. The number of anilines is 1. The van der Waals surface area contributed by atoms with Crippen LogP contribution in [0.3, 0.4) is 0 Å². The normalized spacial score (nSPS) is 11.3. The Morgan fingerprint density at radius 1 is 1.20 bits per heavy atom. The van der Waals surface area contributed by atoms with Crippen molar-refractivity contribution >= 4 is 27.5 Å². The first-order valence-corrected chi connectivity index (χ1v) is 9.09. The molecule has 1 aromatic carbocycles. The van der Waals surface area contributed by atoms with Crippen LogP contribution in [0.2, 0.25) is 0 Å². The number of aromatic nitrogens is 1. The van der Waals surface area contributed by atoms with Gasteiger partial charge in [0.15, 0.2) is 0 Å². The van der Waals surface area contributed by atoms with E-state index in [9.17, 15) is 8.42 Å². The highest BCUT2D eigenvalue weighted by atomic mass is 32.2. The second-order valence-electron chi connectivity index (χ2n) is 4.48. The van der Waals surface area contributed by atoms with Crippen LogP contribution in [-0.4, -0.2) is 25.9 Å². The highest BCUT2D eigenvalue weighted by Gasteiger charge is 2.09. The van der Waals surface area contributed by atoms with Gasteiger partial charge < -0.3 is 0 Å². The molecule has 106 valence electrons. The number of sulfonamides is 1. The van der Waals surface area contributed by atoms with Crippen LogP contribution in [0.25, 0.3) is 11.1 Å². The van der Waals surface area contributed by atoms with E-state index in [1.54, 1.807) is 24.0 Å². The van der Waals surface area contributed by atoms with Crippen molar-refractivity contribution in [3.63, 3.8) is 0 Å². The zero-order valence-corrected chi connectivity index (χ0v) is 13.2. The van der Waals surface area contributed by atoms with Crippen LogP contribution in [0.15, 0.2) is 41.6 Å². The van der Waals surface area contributed by atoms with Crippen molar-refractivity contribution in [3.05, 3.63) is 42.2 Å². The lowest BCUT2D eigenvalue weighted by Gasteiger charge is -2.12. The Morgan fingerprint density at radius 2 is 1.95 bits per heavy atom. The maximum atomic E-state index is 11.2. The minimum atomic E-state index is -3.25. The molecule has 0 amide bonds. The van der Waals surface area contributed by atoms with Gasteiger partial charge in [0.25, 0.3) is 0 Å². The second-order valence-corrected chi connectivity index (χ2v) is 7.08. The zero-order valence-electron chi connectivity index (χ0n) is 11.5. The van der Waals surface area contributed by atoms with Gasteiger partial charge in [-0.2, -0.15) is 0 Å². The molecule has 6 heteroatoms. The SMILES string of the molecule is CSc1ccncc1-c1ccc(NS(C)(=O)=O)cc1C. The molecule has 0 fully saturated rings. The molecule has 2 rings (SSSR count). The number of nitrogens with one attached hydrogen (secondary N) is 1. The predicted molar refractivity (Wildman–Crippen MR) is 84.7 cm³/mol. The predicted octanol–water partition coefficient (Wildman–Crippen LogP) is 3.15. The van der Waals surface area contributed by atoms with Crippen LogP contribution in [0.4, 0.5) is 5.69 Å². The van der Waals surface area contributed by atoms with E-state index < -0.39 is 10.0 Å². The first-order chi connectivity index (χ1) is 9.40. The minimum Gasteiger partial charge on any atom is -0.284 e. The summed E-state index contributed by atoms with van der Waals surface area (Å²) in [6.07, 6.45) is 6.76. The third-order valence-corrected chi connectivity index (χ3v) is 4.22. The van der Waals surface area contributed by atoms with E-state index in [-0.39, 0.29) is 0 Å². The van der Waals surface area contributed by atoms with Gasteiger partial charge >= 0.3 is 0 Å². The van der Waals surface area contributed by atoms with Gasteiger partial charge in [0.05, 0.1) is 6.26 Å². The average molecular weight is 308 g/mol. The molecule has 0 atom stereocenters. The summed E-state index contributed by atoms with van der Waals surface area (Å²) in [5.41, 5.74) is 3.69. The van der Waals surface area contributed by atoms with Crippen molar-refractivity contribution in [1.29, 1.82) is 0 Å². The molecule has 0 aliphatic heterocycles. The van der Waals surface area contributed by atoms with Crippen molar-refractivity contribution in [2.24, 2.45) is 0 Å². The van der Waals surface area contributed by atoms with Gasteiger partial charge in [-0.1, -0.05) is 6.07 Å². The van der Waals surface area contributed by atoms with Gasteiger partial charge in [0.1, 0.15) is 0 Å². The summed E-state index contributed by atoms with van der Waals surface area (Å²) in [4.78, 5) is 5.31.